The normalized spacial score (nSPS) is 14.0. The van der Waals surface area contributed by atoms with E-state index in [0.29, 0.717) is 5.92 Å². The molecule has 2 aliphatic carbocycles. The maximum Gasteiger partial charge on any atom is 0.0488 e. The molecule has 12 rings (SSSR count). The predicted molar refractivity (Wildman–Crippen MR) is 293 cm³/mol. The number of hydrogen-bond donors (Lipinski definition) is 0. The lowest BCUT2D eigenvalue weighted by Gasteiger charge is -2.32. The number of nitrogens with zero attached hydrogens (tertiary/aromatic N) is 2. The van der Waals surface area contributed by atoms with Crippen molar-refractivity contribution in [2.24, 2.45) is 0 Å². The van der Waals surface area contributed by atoms with Gasteiger partial charge in [0.05, 0.1) is 0 Å². The molecule has 0 saturated heterocycles. The number of hydrogen-bond acceptors (Lipinski definition) is 2. The first-order valence-electron chi connectivity index (χ1n) is 24.9. The molecule has 0 radical (unpaired) electrons. The summed E-state index contributed by atoms with van der Waals surface area (Å²) in [5, 5.41) is 2.46. The number of anilines is 6. The first-order valence-corrected chi connectivity index (χ1v) is 24.9. The van der Waals surface area contributed by atoms with Crippen LogP contribution in [0.25, 0.3) is 55.3 Å². The third kappa shape index (κ3) is 7.80. The lowest BCUT2D eigenvalue weighted by molar-refractivity contribution is 0.443. The van der Waals surface area contributed by atoms with Crippen LogP contribution in [-0.2, 0) is 5.41 Å². The van der Waals surface area contributed by atoms with Gasteiger partial charge in [-0.3, -0.25) is 0 Å². The summed E-state index contributed by atoms with van der Waals surface area (Å²) in [6, 6.07) is 87.9. The molecule has 10 aromatic carbocycles. The fourth-order valence-corrected chi connectivity index (χ4v) is 11.6. The van der Waals surface area contributed by atoms with E-state index in [-0.39, 0.29) is 5.41 Å². The zero-order valence-corrected chi connectivity index (χ0v) is 39.5. The fourth-order valence-electron chi connectivity index (χ4n) is 11.6. The second-order valence-corrected chi connectivity index (χ2v) is 19.5. The van der Waals surface area contributed by atoms with E-state index in [1.165, 1.54) is 98.5 Å². The van der Waals surface area contributed by atoms with Crippen LogP contribution in [-0.4, -0.2) is 0 Å². The summed E-state index contributed by atoms with van der Waals surface area (Å²) in [5.41, 5.74) is 20.5. The van der Waals surface area contributed by atoms with Gasteiger partial charge in [-0.2, -0.15) is 0 Å². The highest BCUT2D eigenvalue weighted by Crippen LogP contribution is 2.54. The number of rotatable bonds is 10. The van der Waals surface area contributed by atoms with Crippen LogP contribution in [0.15, 0.2) is 237 Å². The molecule has 334 valence electrons. The van der Waals surface area contributed by atoms with E-state index in [1.807, 2.05) is 0 Å². The largest absolute Gasteiger partial charge is 0.310 e. The lowest BCUT2D eigenvalue weighted by Crippen LogP contribution is -2.17. The van der Waals surface area contributed by atoms with Crippen molar-refractivity contribution >= 4 is 44.9 Å². The molecule has 2 nitrogen and oxygen atoms in total. The van der Waals surface area contributed by atoms with Crippen LogP contribution in [0.1, 0.15) is 68.6 Å². The van der Waals surface area contributed by atoms with Crippen molar-refractivity contribution in [1.82, 2.24) is 0 Å². The second-order valence-electron chi connectivity index (χ2n) is 19.5. The van der Waals surface area contributed by atoms with Gasteiger partial charge < -0.3 is 9.80 Å². The zero-order valence-electron chi connectivity index (χ0n) is 39.5. The molecule has 0 aromatic heterocycles. The summed E-state index contributed by atoms with van der Waals surface area (Å²) < 4.78 is 0. The smallest absolute Gasteiger partial charge is 0.0488 e. The standard InChI is InChI=1S/C67H56N2/c1-67(2)63-34-20-33-60(49-23-10-4-11-24-49)66(63)62-42-40-56(46-64(62)67)69(55-38-35-48(36-39-55)47-21-8-3-9-22-47)58-44-52(43-57(45-58)68(53-28-14-6-15-29-53)54-30-16-7-17-31-54)61-41-37-50-25-18-19-32-59(50)65(61)51-26-12-5-13-27-51/h4-7,10-20,23-47H,3,8-9,21-22H2,1-2H3. The van der Waals surface area contributed by atoms with E-state index >= 15 is 0 Å². The number of para-hydroxylation sites is 2. The summed E-state index contributed by atoms with van der Waals surface area (Å²) in [4.78, 5) is 4.93. The van der Waals surface area contributed by atoms with Gasteiger partial charge in [-0.1, -0.05) is 203 Å². The van der Waals surface area contributed by atoms with Crippen molar-refractivity contribution in [1.29, 1.82) is 0 Å². The summed E-state index contributed by atoms with van der Waals surface area (Å²) in [7, 11) is 0. The molecule has 0 N–H and O–H groups in total. The highest BCUT2D eigenvalue weighted by molar-refractivity contribution is 6.05. The monoisotopic (exact) mass is 888 g/mol. The molecule has 0 unspecified atom stereocenters. The van der Waals surface area contributed by atoms with Gasteiger partial charge in [0.15, 0.2) is 0 Å². The Kier molecular flexibility index (Phi) is 11.0. The number of fused-ring (bicyclic) bond motifs is 4. The predicted octanol–water partition coefficient (Wildman–Crippen LogP) is 19.1. The van der Waals surface area contributed by atoms with Gasteiger partial charge in [0, 0.05) is 39.5 Å². The minimum Gasteiger partial charge on any atom is -0.310 e. The molecular weight excluding hydrogens is 833 g/mol. The molecular formula is C67H56N2. The minimum atomic E-state index is -0.220. The van der Waals surface area contributed by atoms with Gasteiger partial charge in [0.25, 0.3) is 0 Å². The van der Waals surface area contributed by atoms with E-state index in [9.17, 15) is 0 Å². The van der Waals surface area contributed by atoms with Crippen LogP contribution < -0.4 is 9.80 Å². The van der Waals surface area contributed by atoms with Crippen LogP contribution in [0.5, 0.6) is 0 Å². The zero-order chi connectivity index (χ0) is 46.3. The number of benzene rings is 10. The lowest BCUT2D eigenvalue weighted by atomic mass is 9.81. The Morgan fingerprint density at radius 3 is 1.55 bits per heavy atom. The van der Waals surface area contributed by atoms with Crippen LogP contribution in [0.2, 0.25) is 0 Å². The molecule has 2 heteroatoms. The molecule has 0 atom stereocenters. The third-order valence-corrected chi connectivity index (χ3v) is 15.0. The van der Waals surface area contributed by atoms with Gasteiger partial charge in [0.1, 0.15) is 0 Å². The van der Waals surface area contributed by atoms with Crippen LogP contribution in [0, 0.1) is 0 Å². The van der Waals surface area contributed by atoms with Crippen LogP contribution >= 0.6 is 0 Å². The molecule has 0 heterocycles. The Morgan fingerprint density at radius 2 is 0.884 bits per heavy atom. The van der Waals surface area contributed by atoms with Crippen molar-refractivity contribution in [2.75, 3.05) is 9.80 Å². The van der Waals surface area contributed by atoms with E-state index in [4.69, 9.17) is 0 Å². The average molecular weight is 889 g/mol. The third-order valence-electron chi connectivity index (χ3n) is 15.0. The Balaban J connectivity index is 1.12. The summed E-state index contributed by atoms with van der Waals surface area (Å²) >= 11 is 0. The maximum absolute atomic E-state index is 2.52. The molecule has 10 aromatic rings. The first kappa shape index (κ1) is 42.4. The molecule has 0 aliphatic heterocycles. The molecule has 0 spiro atoms. The van der Waals surface area contributed by atoms with Gasteiger partial charge in [-0.15, -0.1) is 0 Å². The molecule has 2 aliphatic rings. The van der Waals surface area contributed by atoms with Crippen LogP contribution in [0.4, 0.5) is 34.1 Å². The molecule has 1 fully saturated rings. The molecule has 1 saturated carbocycles. The van der Waals surface area contributed by atoms with Gasteiger partial charge in [-0.05, 0) is 157 Å². The minimum absolute atomic E-state index is 0.220. The van der Waals surface area contributed by atoms with Crippen molar-refractivity contribution in [3.05, 3.63) is 253 Å². The Hall–Kier alpha value is -7.94. The van der Waals surface area contributed by atoms with E-state index in [2.05, 4.69) is 260 Å². The summed E-state index contributed by atoms with van der Waals surface area (Å²) in [5.74, 6) is 0.615. The van der Waals surface area contributed by atoms with E-state index < -0.39 is 0 Å². The van der Waals surface area contributed by atoms with Crippen LogP contribution in [0.3, 0.4) is 0 Å². The topological polar surface area (TPSA) is 6.48 Å². The van der Waals surface area contributed by atoms with Crippen molar-refractivity contribution < 1.29 is 0 Å². The second kappa shape index (κ2) is 17.9. The SMILES string of the molecule is CC1(C)c2cc(N(c3ccc(C4CCCCC4)cc3)c3cc(-c4ccc5ccccc5c4-c4ccccc4)cc(N(c4ccccc4)c4ccccc4)c3)ccc2-c2c(-c3ccccc3)cccc21. The first-order chi connectivity index (χ1) is 34.0. The van der Waals surface area contributed by atoms with Gasteiger partial charge >= 0.3 is 0 Å². The summed E-state index contributed by atoms with van der Waals surface area (Å²) in [6.45, 7) is 4.81. The Morgan fingerprint density at radius 1 is 0.348 bits per heavy atom. The van der Waals surface area contributed by atoms with E-state index in [1.54, 1.807) is 0 Å². The van der Waals surface area contributed by atoms with Crippen molar-refractivity contribution in [3.63, 3.8) is 0 Å². The molecule has 0 bridgehead atoms. The van der Waals surface area contributed by atoms with Crippen molar-refractivity contribution in [2.45, 2.75) is 57.3 Å². The quantitative estimate of drug-likeness (QED) is 0.135. The molecule has 0 amide bonds. The average Bonchev–Trinajstić information content (AvgIpc) is 3.65. The molecule has 69 heavy (non-hydrogen) atoms. The fraction of sp³-hybridized carbons (Fsp3) is 0.134. The Bertz CT molecular complexity index is 3390. The van der Waals surface area contributed by atoms with Gasteiger partial charge in [-0.25, -0.2) is 0 Å². The Labute approximate surface area is 407 Å². The van der Waals surface area contributed by atoms with Gasteiger partial charge in [0.2, 0.25) is 0 Å². The summed E-state index contributed by atoms with van der Waals surface area (Å²) in [6.07, 6.45) is 6.51. The maximum atomic E-state index is 2.52. The highest BCUT2D eigenvalue weighted by Gasteiger charge is 2.38. The van der Waals surface area contributed by atoms with Crippen molar-refractivity contribution in [3.8, 4) is 44.5 Å². The highest BCUT2D eigenvalue weighted by atomic mass is 15.2. The van der Waals surface area contributed by atoms with E-state index in [0.717, 1.165) is 39.7 Å².